The maximum Gasteiger partial charge on any atom is 0.312 e. The van der Waals surface area contributed by atoms with Crippen molar-refractivity contribution < 1.29 is 22.9 Å². The summed E-state index contributed by atoms with van der Waals surface area (Å²) in [5.74, 6) is 2.64. The molecule has 2 atom stereocenters. The zero-order chi connectivity index (χ0) is 46.4. The number of ether oxygens (including phenoxy) is 1. The van der Waals surface area contributed by atoms with Crippen molar-refractivity contribution in [2.24, 2.45) is 16.7 Å². The predicted molar refractivity (Wildman–Crippen MR) is 261 cm³/mol. The monoisotopic (exact) mass is 934 g/mol. The van der Waals surface area contributed by atoms with Gasteiger partial charge in [0.2, 0.25) is 5.82 Å². The number of hydrogen-bond acceptors (Lipinski definition) is 12. The molecule has 2 saturated heterocycles. The summed E-state index contributed by atoms with van der Waals surface area (Å²) in [6.45, 7) is 13.6. The summed E-state index contributed by atoms with van der Waals surface area (Å²) in [5, 5.41) is 16.1. The smallest absolute Gasteiger partial charge is 0.312 e. The molecule has 5 heterocycles. The number of benzene rings is 2. The summed E-state index contributed by atoms with van der Waals surface area (Å²) >= 11 is 2.08. The van der Waals surface area contributed by atoms with E-state index in [0.29, 0.717) is 47.9 Å². The quantitative estimate of drug-likeness (QED) is 0.0754. The van der Waals surface area contributed by atoms with Gasteiger partial charge in [0, 0.05) is 78.7 Å². The Morgan fingerprint density at radius 1 is 1.00 bits per heavy atom. The lowest BCUT2D eigenvalue weighted by Gasteiger charge is -2.59. The highest BCUT2D eigenvalue weighted by molar-refractivity contribution is 7.99. The topological polar surface area (TPSA) is 176 Å². The lowest BCUT2D eigenvalue weighted by Crippen LogP contribution is -2.59. The maximum absolute atomic E-state index is 14.0. The second-order valence-corrected chi connectivity index (χ2v) is 23.0. The van der Waals surface area contributed by atoms with Gasteiger partial charge in [0.15, 0.2) is 0 Å². The highest BCUT2D eigenvalue weighted by atomic mass is 32.2. The molecule has 2 saturated carbocycles. The molecule has 3 N–H and O–H groups in total. The Morgan fingerprint density at radius 3 is 2.50 bits per heavy atom. The van der Waals surface area contributed by atoms with Crippen molar-refractivity contribution in [3.63, 3.8) is 0 Å². The van der Waals surface area contributed by atoms with Gasteiger partial charge in [-0.1, -0.05) is 52.0 Å². The van der Waals surface area contributed by atoms with Crippen LogP contribution in [0.25, 0.3) is 11.0 Å². The van der Waals surface area contributed by atoms with E-state index in [1.54, 1.807) is 30.6 Å². The number of thioether (sulfide) groups is 1. The Balaban J connectivity index is 0.903. The molecule has 16 heteroatoms. The van der Waals surface area contributed by atoms with Crippen molar-refractivity contribution in [1.82, 2.24) is 24.6 Å². The normalized spacial score (nSPS) is 21.5. The number of nitro groups is 1. The number of carbonyl (C=O) groups is 1. The van der Waals surface area contributed by atoms with Crippen LogP contribution in [0, 0.1) is 26.9 Å². The number of piperidine rings is 1. The van der Waals surface area contributed by atoms with E-state index in [1.165, 1.54) is 24.0 Å². The molecule has 2 aliphatic heterocycles. The molecule has 1 unspecified atom stereocenters. The molecule has 0 bridgehead atoms. The number of aromatic amines is 1. The third kappa shape index (κ3) is 9.64. The third-order valence-corrected chi connectivity index (χ3v) is 17.4. The molecular weight excluding hydrogens is 873 g/mol. The van der Waals surface area contributed by atoms with E-state index in [9.17, 15) is 23.3 Å². The third-order valence-electron chi connectivity index (χ3n) is 14.8. The number of amides is 1. The number of aromatic nitrogens is 3. The molecule has 0 radical (unpaired) electrons. The summed E-state index contributed by atoms with van der Waals surface area (Å²) in [6.07, 6.45) is 12.9. The van der Waals surface area contributed by atoms with E-state index in [2.05, 4.69) is 105 Å². The molecule has 5 aromatic rings. The minimum atomic E-state index is -4.60. The van der Waals surface area contributed by atoms with Crippen molar-refractivity contribution in [3.8, 4) is 11.5 Å². The molecule has 4 fully saturated rings. The second-order valence-electron chi connectivity index (χ2n) is 20.3. The van der Waals surface area contributed by atoms with Gasteiger partial charge in [0.25, 0.3) is 15.9 Å². The zero-order valence-electron chi connectivity index (χ0n) is 38.6. The van der Waals surface area contributed by atoms with Crippen LogP contribution in [0.3, 0.4) is 0 Å². The van der Waals surface area contributed by atoms with Crippen molar-refractivity contribution in [1.29, 1.82) is 0 Å². The van der Waals surface area contributed by atoms with E-state index < -0.39 is 31.4 Å². The molecule has 9 rings (SSSR count). The summed E-state index contributed by atoms with van der Waals surface area (Å²) in [6, 6.07) is 20.3. The standard InChI is InChI=1S/C50H62N8O6S2/c1-32(2)40-8-6-7-9-41(40)44-31-65-30-33(3)57(44)37-25-50(26-37)17-20-56(21-18-50)36-10-11-42(45(23-36)64-38-22-35-14-19-51-46(35)53-28-38)48(59)55-66(62,63)39-24-43(58(60)61)47(54-29-39)52-27-34-12-15-49(4,5)16-13-34/h6-11,14,19,22-24,28-29,32-34,37,44H,12-13,15-18,20-21,25-27,30-31H2,1-5H3,(H,51,53)(H,52,54)(H,55,59)/t33?,44-/m0/s1. The minimum absolute atomic E-state index is 0.0113. The first kappa shape index (κ1) is 45.9. The van der Waals surface area contributed by atoms with Crippen molar-refractivity contribution in [2.45, 2.75) is 115 Å². The molecule has 350 valence electrons. The number of nitrogens with zero attached hydrogens (tertiary/aromatic N) is 5. The second kappa shape index (κ2) is 18.5. The van der Waals surface area contributed by atoms with Crippen LogP contribution in [0.5, 0.6) is 11.5 Å². The van der Waals surface area contributed by atoms with Gasteiger partial charge in [0.05, 0.1) is 22.9 Å². The Bertz CT molecular complexity index is 2700. The average molecular weight is 935 g/mol. The number of fused-ring (bicyclic) bond motifs is 1. The lowest BCUT2D eigenvalue weighted by atomic mass is 9.59. The van der Waals surface area contributed by atoms with Gasteiger partial charge < -0.3 is 19.9 Å². The van der Waals surface area contributed by atoms with E-state index in [0.717, 1.165) is 86.5 Å². The Kier molecular flexibility index (Phi) is 12.9. The number of anilines is 2. The number of carbonyl (C=O) groups excluding carboxylic acids is 1. The zero-order valence-corrected chi connectivity index (χ0v) is 40.2. The first-order chi connectivity index (χ1) is 31.6. The number of rotatable bonds is 13. The van der Waals surface area contributed by atoms with Gasteiger partial charge in [-0.15, -0.1) is 0 Å². The van der Waals surface area contributed by atoms with Gasteiger partial charge in [-0.3, -0.25) is 19.8 Å². The van der Waals surface area contributed by atoms with Gasteiger partial charge in [-0.05, 0) is 116 Å². The minimum Gasteiger partial charge on any atom is -0.455 e. The van der Waals surface area contributed by atoms with Crippen LogP contribution in [0.15, 0.2) is 84.1 Å². The molecule has 3 aromatic heterocycles. The average Bonchev–Trinajstić information content (AvgIpc) is 3.76. The van der Waals surface area contributed by atoms with Crippen LogP contribution < -0.4 is 19.7 Å². The fraction of sp³-hybridized carbons (Fsp3) is 0.500. The molecule has 4 aliphatic rings. The van der Waals surface area contributed by atoms with E-state index in [4.69, 9.17) is 4.74 Å². The van der Waals surface area contributed by atoms with Crippen molar-refractivity contribution in [3.05, 3.63) is 106 Å². The van der Waals surface area contributed by atoms with Gasteiger partial charge in [0.1, 0.15) is 22.0 Å². The van der Waals surface area contributed by atoms with Crippen LogP contribution in [0.4, 0.5) is 17.2 Å². The fourth-order valence-electron chi connectivity index (χ4n) is 10.9. The Morgan fingerprint density at radius 2 is 1.76 bits per heavy atom. The molecule has 1 amide bonds. The Hall–Kier alpha value is -5.19. The van der Waals surface area contributed by atoms with Gasteiger partial charge in [-0.25, -0.2) is 23.1 Å². The molecule has 66 heavy (non-hydrogen) atoms. The number of nitrogens with one attached hydrogen (secondary N) is 3. The van der Waals surface area contributed by atoms with E-state index >= 15 is 0 Å². The van der Waals surface area contributed by atoms with Crippen LogP contribution in [0.1, 0.15) is 119 Å². The number of sulfonamides is 1. The van der Waals surface area contributed by atoms with Crippen LogP contribution >= 0.6 is 11.8 Å². The summed E-state index contributed by atoms with van der Waals surface area (Å²) in [5.41, 5.74) is 4.52. The van der Waals surface area contributed by atoms with Gasteiger partial charge >= 0.3 is 5.69 Å². The summed E-state index contributed by atoms with van der Waals surface area (Å²) in [7, 11) is -4.60. The number of pyridine rings is 2. The molecule has 2 aliphatic carbocycles. The van der Waals surface area contributed by atoms with Crippen molar-refractivity contribution >= 4 is 55.9 Å². The van der Waals surface area contributed by atoms with Crippen LogP contribution in [-0.4, -0.2) is 82.3 Å². The highest BCUT2D eigenvalue weighted by Crippen LogP contribution is 2.54. The first-order valence-electron chi connectivity index (χ1n) is 23.5. The maximum atomic E-state index is 14.0. The largest absolute Gasteiger partial charge is 0.455 e. The number of hydrogen-bond donors (Lipinski definition) is 3. The van der Waals surface area contributed by atoms with Crippen molar-refractivity contribution in [2.75, 3.05) is 41.4 Å². The molecule has 14 nitrogen and oxygen atoms in total. The van der Waals surface area contributed by atoms with E-state index in [-0.39, 0.29) is 28.0 Å². The molecular formula is C50H62N8O6S2. The van der Waals surface area contributed by atoms with Gasteiger partial charge in [-0.2, -0.15) is 11.8 Å². The van der Waals surface area contributed by atoms with Crippen LogP contribution in [0.2, 0.25) is 0 Å². The summed E-state index contributed by atoms with van der Waals surface area (Å²) < 4.78 is 36.0. The Labute approximate surface area is 392 Å². The number of H-pyrrole nitrogens is 1. The molecule has 1 spiro atoms. The predicted octanol–water partition coefficient (Wildman–Crippen LogP) is 10.5. The summed E-state index contributed by atoms with van der Waals surface area (Å²) in [4.78, 5) is 41.9. The molecule has 2 aromatic carbocycles. The highest BCUT2D eigenvalue weighted by Gasteiger charge is 2.51. The van der Waals surface area contributed by atoms with Crippen LogP contribution in [-0.2, 0) is 10.0 Å². The lowest BCUT2D eigenvalue weighted by molar-refractivity contribution is -0.384. The fourth-order valence-corrected chi connectivity index (χ4v) is 13.1. The first-order valence-corrected chi connectivity index (χ1v) is 26.1. The van der Waals surface area contributed by atoms with E-state index in [1.807, 2.05) is 12.1 Å². The SMILES string of the molecule is CC(C)c1ccccc1[C@@H]1CSCC(C)N1C1CC2(CCN(c3ccc(C(=O)NS(=O)(=O)c4cnc(NCC5CCC(C)(C)CC5)c([N+](=O)[O-])c4)c(Oc4cnc5[nH]ccc5c4)c3)CC2)C1.